The van der Waals surface area contributed by atoms with Gasteiger partial charge in [0.05, 0.1) is 17.9 Å². The second-order valence-electron chi connectivity index (χ2n) is 7.61. The van der Waals surface area contributed by atoms with Crippen LogP contribution in [0.5, 0.6) is 5.75 Å². The number of aryl methyl sites for hydroxylation is 1. The molecule has 0 aliphatic heterocycles. The van der Waals surface area contributed by atoms with Gasteiger partial charge in [0.25, 0.3) is 0 Å². The number of esters is 1. The molecule has 0 N–H and O–H groups in total. The summed E-state index contributed by atoms with van der Waals surface area (Å²) in [5.41, 5.74) is 3.87. The zero-order valence-corrected chi connectivity index (χ0v) is 20.2. The highest BCUT2D eigenvalue weighted by Crippen LogP contribution is 2.36. The summed E-state index contributed by atoms with van der Waals surface area (Å²) in [6.07, 6.45) is 0. The summed E-state index contributed by atoms with van der Waals surface area (Å²) in [6, 6.07) is 20.6. The maximum absolute atomic E-state index is 14.1. The molecular weight excluding hydrogens is 504 g/mol. The second-order valence-corrected chi connectivity index (χ2v) is 8.52. The van der Waals surface area contributed by atoms with Crippen molar-refractivity contribution in [2.45, 2.75) is 20.5 Å². The molecule has 0 unspecified atom stereocenters. The van der Waals surface area contributed by atoms with Gasteiger partial charge in [-0.1, -0.05) is 34.1 Å². The van der Waals surface area contributed by atoms with Crippen molar-refractivity contribution in [3.05, 3.63) is 106 Å². The van der Waals surface area contributed by atoms with Gasteiger partial charge in [0.1, 0.15) is 12.4 Å². The first-order valence-electron chi connectivity index (χ1n) is 10.7. The van der Waals surface area contributed by atoms with Gasteiger partial charge in [-0.3, -0.25) is 0 Å². The van der Waals surface area contributed by atoms with Gasteiger partial charge in [-0.15, -0.1) is 0 Å². The van der Waals surface area contributed by atoms with Crippen molar-refractivity contribution in [3.63, 3.8) is 0 Å². The van der Waals surface area contributed by atoms with Gasteiger partial charge < -0.3 is 14.0 Å². The Bertz CT molecular complexity index is 1350. The van der Waals surface area contributed by atoms with Crippen LogP contribution < -0.4 is 4.74 Å². The molecule has 0 aliphatic rings. The fraction of sp³-hybridized carbons (Fsp3) is 0.148. The fourth-order valence-electron chi connectivity index (χ4n) is 3.72. The van der Waals surface area contributed by atoms with E-state index in [0.29, 0.717) is 17.9 Å². The van der Waals surface area contributed by atoms with Crippen LogP contribution in [0.15, 0.2) is 77.3 Å². The van der Waals surface area contributed by atoms with Gasteiger partial charge in [-0.2, -0.15) is 0 Å². The number of carbonyl (C=O) groups excluding carboxylic acids is 1. The molecule has 174 valence electrons. The molecule has 0 atom stereocenters. The number of ether oxygens (including phenoxy) is 2. The molecular formula is C27H22BrF2NO3. The molecule has 3 aromatic carbocycles. The number of carbonyl (C=O) groups is 1. The summed E-state index contributed by atoms with van der Waals surface area (Å²) < 4.78 is 41.7. The van der Waals surface area contributed by atoms with Crippen molar-refractivity contribution in [1.29, 1.82) is 0 Å². The lowest BCUT2D eigenvalue weighted by molar-refractivity contribution is 0.0526. The van der Waals surface area contributed by atoms with Gasteiger partial charge in [0, 0.05) is 27.0 Å². The molecule has 1 aromatic heterocycles. The molecule has 1 heterocycles. The number of hydrogen-bond donors (Lipinski definition) is 0. The van der Waals surface area contributed by atoms with E-state index in [2.05, 4.69) is 15.9 Å². The van der Waals surface area contributed by atoms with E-state index < -0.39 is 11.6 Å². The lowest BCUT2D eigenvalue weighted by Gasteiger charge is -2.17. The Hall–Kier alpha value is -3.45. The molecule has 0 aliphatic carbocycles. The highest BCUT2D eigenvalue weighted by molar-refractivity contribution is 9.10. The minimum atomic E-state index is -0.920. The third kappa shape index (κ3) is 4.89. The van der Waals surface area contributed by atoms with Crippen LogP contribution in [0.2, 0.25) is 0 Å². The predicted octanol–water partition coefficient (Wildman–Crippen LogP) is 7.25. The van der Waals surface area contributed by atoms with Crippen molar-refractivity contribution >= 4 is 21.9 Å². The molecule has 0 spiro atoms. The highest BCUT2D eigenvalue weighted by Gasteiger charge is 2.17. The Kier molecular flexibility index (Phi) is 7.12. The molecule has 0 fully saturated rings. The van der Waals surface area contributed by atoms with E-state index >= 15 is 0 Å². The van der Waals surface area contributed by atoms with Crippen molar-refractivity contribution in [2.24, 2.45) is 0 Å². The van der Waals surface area contributed by atoms with Gasteiger partial charge >= 0.3 is 5.97 Å². The van der Waals surface area contributed by atoms with Gasteiger partial charge in [-0.05, 0) is 68.4 Å². The summed E-state index contributed by atoms with van der Waals surface area (Å²) in [5.74, 6) is -1.72. The standard InChI is InChI=1S/C27H22BrF2NO3/c1-3-33-27(32)18-6-4-8-21(14-18)31-17(2)10-12-24(31)22-15-20(28)11-13-25(22)34-16-19-7-5-9-23(29)26(19)30/h4-15H,3,16H2,1-2H3. The summed E-state index contributed by atoms with van der Waals surface area (Å²) >= 11 is 3.51. The van der Waals surface area contributed by atoms with E-state index in [4.69, 9.17) is 9.47 Å². The maximum Gasteiger partial charge on any atom is 0.338 e. The van der Waals surface area contributed by atoms with Crippen LogP contribution in [0.1, 0.15) is 28.5 Å². The monoisotopic (exact) mass is 525 g/mol. The van der Waals surface area contributed by atoms with E-state index in [1.165, 1.54) is 12.1 Å². The fourth-order valence-corrected chi connectivity index (χ4v) is 4.08. The Morgan fingerprint density at radius 1 is 1.00 bits per heavy atom. The molecule has 4 nitrogen and oxygen atoms in total. The molecule has 0 saturated heterocycles. The Balaban J connectivity index is 1.74. The molecule has 0 saturated carbocycles. The van der Waals surface area contributed by atoms with Crippen LogP contribution in [0.25, 0.3) is 16.9 Å². The largest absolute Gasteiger partial charge is 0.488 e. The average molecular weight is 526 g/mol. The Labute approximate surface area is 204 Å². The first kappa shape index (κ1) is 23.7. The van der Waals surface area contributed by atoms with Gasteiger partial charge in [0.2, 0.25) is 0 Å². The molecule has 4 rings (SSSR count). The third-order valence-electron chi connectivity index (χ3n) is 5.32. The van der Waals surface area contributed by atoms with Crippen molar-refractivity contribution in [3.8, 4) is 22.7 Å². The average Bonchev–Trinajstić information content (AvgIpc) is 3.22. The maximum atomic E-state index is 14.1. The van der Waals surface area contributed by atoms with Crippen LogP contribution in [-0.4, -0.2) is 17.1 Å². The van der Waals surface area contributed by atoms with Crippen LogP contribution >= 0.6 is 15.9 Å². The van der Waals surface area contributed by atoms with Crippen LogP contribution in [0.4, 0.5) is 8.78 Å². The third-order valence-corrected chi connectivity index (χ3v) is 5.82. The Morgan fingerprint density at radius 2 is 1.79 bits per heavy atom. The molecule has 0 radical (unpaired) electrons. The van der Waals surface area contributed by atoms with Crippen molar-refractivity contribution in [2.75, 3.05) is 6.61 Å². The van der Waals surface area contributed by atoms with Crippen LogP contribution in [0, 0.1) is 18.6 Å². The molecule has 4 aromatic rings. The van der Waals surface area contributed by atoms with Gasteiger partial charge in [0.15, 0.2) is 11.6 Å². The Morgan fingerprint density at radius 3 is 2.59 bits per heavy atom. The predicted molar refractivity (Wildman–Crippen MR) is 130 cm³/mol. The van der Waals surface area contributed by atoms with E-state index in [9.17, 15) is 13.6 Å². The first-order valence-corrected chi connectivity index (χ1v) is 11.5. The number of aromatic nitrogens is 1. The SMILES string of the molecule is CCOC(=O)c1cccc(-n2c(C)ccc2-c2cc(Br)ccc2OCc2cccc(F)c2F)c1. The topological polar surface area (TPSA) is 40.5 Å². The van der Waals surface area contributed by atoms with Crippen molar-refractivity contribution in [1.82, 2.24) is 4.57 Å². The lowest BCUT2D eigenvalue weighted by atomic mass is 10.1. The number of rotatable bonds is 7. The summed E-state index contributed by atoms with van der Waals surface area (Å²) in [4.78, 5) is 12.3. The zero-order valence-electron chi connectivity index (χ0n) is 18.6. The molecule has 34 heavy (non-hydrogen) atoms. The number of halogens is 3. The van der Waals surface area contributed by atoms with E-state index in [-0.39, 0.29) is 18.1 Å². The molecule has 0 amide bonds. The lowest BCUT2D eigenvalue weighted by Crippen LogP contribution is -2.07. The molecule has 0 bridgehead atoms. The minimum Gasteiger partial charge on any atom is -0.488 e. The summed E-state index contributed by atoms with van der Waals surface area (Å²) in [7, 11) is 0. The highest BCUT2D eigenvalue weighted by atomic mass is 79.9. The van der Waals surface area contributed by atoms with Crippen LogP contribution in [0.3, 0.4) is 0 Å². The normalized spacial score (nSPS) is 10.9. The van der Waals surface area contributed by atoms with Crippen LogP contribution in [-0.2, 0) is 11.3 Å². The number of nitrogens with zero attached hydrogens (tertiary/aromatic N) is 1. The van der Waals surface area contributed by atoms with Crippen molar-refractivity contribution < 1.29 is 23.0 Å². The van der Waals surface area contributed by atoms with E-state index in [1.54, 1.807) is 31.2 Å². The second kappa shape index (κ2) is 10.2. The number of hydrogen-bond acceptors (Lipinski definition) is 3. The first-order chi connectivity index (χ1) is 16.4. The molecule has 7 heteroatoms. The summed E-state index contributed by atoms with van der Waals surface area (Å²) in [5, 5.41) is 0. The zero-order chi connectivity index (χ0) is 24.2. The smallest absolute Gasteiger partial charge is 0.338 e. The quantitative estimate of drug-likeness (QED) is 0.238. The van der Waals surface area contributed by atoms with Gasteiger partial charge in [-0.25, -0.2) is 13.6 Å². The van der Waals surface area contributed by atoms with E-state index in [1.807, 2.05) is 41.8 Å². The van der Waals surface area contributed by atoms with E-state index in [0.717, 1.165) is 33.2 Å². The minimum absolute atomic E-state index is 0.127. The summed E-state index contributed by atoms with van der Waals surface area (Å²) in [6.45, 7) is 3.89. The number of benzene rings is 3.